The van der Waals surface area contributed by atoms with Crippen LogP contribution in [0.25, 0.3) is 16.7 Å². The van der Waals surface area contributed by atoms with Crippen LogP contribution in [0.1, 0.15) is 31.0 Å². The van der Waals surface area contributed by atoms with Crippen LogP contribution in [0.5, 0.6) is 0 Å². The summed E-state index contributed by atoms with van der Waals surface area (Å²) in [7, 11) is 0. The predicted molar refractivity (Wildman–Crippen MR) is 78.9 cm³/mol. The largest absolute Gasteiger partial charge is 0.392 e. The van der Waals surface area contributed by atoms with E-state index in [0.717, 1.165) is 22.2 Å². The molecular weight excluding hydrogens is 250 g/mol. The Morgan fingerprint density at radius 1 is 1.20 bits per heavy atom. The SMILES string of the molecule is CC(C)c1ccn(-c2nc3ccccc3cc2CO)n1. The summed E-state index contributed by atoms with van der Waals surface area (Å²) >= 11 is 0. The Bertz CT molecular complexity index is 746. The highest BCUT2D eigenvalue weighted by Gasteiger charge is 2.11. The van der Waals surface area contributed by atoms with Gasteiger partial charge in [-0.05, 0) is 24.1 Å². The number of pyridine rings is 1. The van der Waals surface area contributed by atoms with Crippen LogP contribution in [0.3, 0.4) is 0 Å². The summed E-state index contributed by atoms with van der Waals surface area (Å²) in [6.45, 7) is 4.16. The number of aliphatic hydroxyl groups is 1. The molecule has 2 aromatic heterocycles. The molecule has 0 bridgehead atoms. The van der Waals surface area contributed by atoms with Crippen molar-refractivity contribution in [1.82, 2.24) is 14.8 Å². The van der Waals surface area contributed by atoms with Gasteiger partial charge in [-0.15, -0.1) is 0 Å². The molecule has 20 heavy (non-hydrogen) atoms. The number of hydrogen-bond donors (Lipinski definition) is 1. The van der Waals surface area contributed by atoms with Crippen LogP contribution in [0.2, 0.25) is 0 Å². The molecule has 0 aliphatic heterocycles. The Morgan fingerprint density at radius 3 is 2.70 bits per heavy atom. The van der Waals surface area contributed by atoms with Crippen LogP contribution in [-0.4, -0.2) is 19.9 Å². The van der Waals surface area contributed by atoms with Crippen molar-refractivity contribution in [2.45, 2.75) is 26.4 Å². The minimum atomic E-state index is -0.0515. The minimum absolute atomic E-state index is 0.0515. The third kappa shape index (κ3) is 2.18. The molecule has 0 saturated carbocycles. The number of nitrogens with zero attached hydrogens (tertiary/aromatic N) is 3. The minimum Gasteiger partial charge on any atom is -0.392 e. The van der Waals surface area contributed by atoms with Crippen molar-refractivity contribution in [3.63, 3.8) is 0 Å². The highest BCUT2D eigenvalue weighted by molar-refractivity contribution is 5.80. The number of hydrogen-bond acceptors (Lipinski definition) is 3. The van der Waals surface area contributed by atoms with Gasteiger partial charge in [-0.3, -0.25) is 0 Å². The van der Waals surface area contributed by atoms with Crippen molar-refractivity contribution in [2.24, 2.45) is 0 Å². The zero-order chi connectivity index (χ0) is 14.1. The van der Waals surface area contributed by atoms with Crippen LogP contribution in [0.15, 0.2) is 42.6 Å². The second-order valence-corrected chi connectivity index (χ2v) is 5.16. The first-order valence-electron chi connectivity index (χ1n) is 6.74. The van der Waals surface area contributed by atoms with Gasteiger partial charge in [-0.2, -0.15) is 5.10 Å². The molecule has 0 saturated heterocycles. The molecule has 4 heteroatoms. The van der Waals surface area contributed by atoms with E-state index in [9.17, 15) is 5.11 Å². The topological polar surface area (TPSA) is 50.9 Å². The molecule has 0 aliphatic carbocycles. The molecule has 1 N–H and O–H groups in total. The van der Waals surface area contributed by atoms with E-state index in [2.05, 4.69) is 23.9 Å². The Morgan fingerprint density at radius 2 is 2.00 bits per heavy atom. The van der Waals surface area contributed by atoms with Gasteiger partial charge >= 0.3 is 0 Å². The Kier molecular flexibility index (Phi) is 3.24. The number of rotatable bonds is 3. The zero-order valence-electron chi connectivity index (χ0n) is 11.6. The second-order valence-electron chi connectivity index (χ2n) is 5.16. The normalized spacial score (nSPS) is 11.4. The number of aromatic nitrogens is 3. The summed E-state index contributed by atoms with van der Waals surface area (Å²) in [5, 5.41) is 15.1. The van der Waals surface area contributed by atoms with Crippen molar-refractivity contribution in [3.05, 3.63) is 53.9 Å². The fourth-order valence-corrected chi connectivity index (χ4v) is 2.23. The van der Waals surface area contributed by atoms with Gasteiger partial charge in [0.2, 0.25) is 0 Å². The molecular formula is C16H17N3O. The summed E-state index contributed by atoms with van der Waals surface area (Å²) < 4.78 is 1.74. The predicted octanol–water partition coefficient (Wildman–Crippen LogP) is 3.04. The zero-order valence-corrected chi connectivity index (χ0v) is 11.6. The molecule has 0 spiro atoms. The van der Waals surface area contributed by atoms with Crippen molar-refractivity contribution in [1.29, 1.82) is 0 Å². The lowest BCUT2D eigenvalue weighted by Crippen LogP contribution is -2.05. The summed E-state index contributed by atoms with van der Waals surface area (Å²) in [6.07, 6.45) is 1.89. The van der Waals surface area contributed by atoms with Crippen LogP contribution in [0, 0.1) is 0 Å². The number of fused-ring (bicyclic) bond motifs is 1. The average Bonchev–Trinajstić information content (AvgIpc) is 2.95. The molecule has 3 aromatic rings. The maximum Gasteiger partial charge on any atom is 0.159 e. The molecule has 0 atom stereocenters. The van der Waals surface area contributed by atoms with Gasteiger partial charge in [-0.25, -0.2) is 9.67 Å². The molecule has 0 fully saturated rings. The third-order valence-corrected chi connectivity index (χ3v) is 3.37. The van der Waals surface area contributed by atoms with Crippen LogP contribution in [0.4, 0.5) is 0 Å². The fraction of sp³-hybridized carbons (Fsp3) is 0.250. The summed E-state index contributed by atoms with van der Waals surface area (Å²) in [6, 6.07) is 11.8. The molecule has 3 rings (SSSR count). The molecule has 0 amide bonds. The highest BCUT2D eigenvalue weighted by Crippen LogP contribution is 2.20. The van der Waals surface area contributed by atoms with Gasteiger partial charge in [-0.1, -0.05) is 32.0 Å². The smallest absolute Gasteiger partial charge is 0.159 e. The molecule has 102 valence electrons. The standard InChI is InChI=1S/C16H17N3O/c1-11(2)14-7-8-19(18-14)16-13(10-20)9-12-5-3-4-6-15(12)17-16/h3-9,11,20H,10H2,1-2H3. The monoisotopic (exact) mass is 267 g/mol. The van der Waals surface area contributed by atoms with E-state index < -0.39 is 0 Å². The highest BCUT2D eigenvalue weighted by atomic mass is 16.3. The van der Waals surface area contributed by atoms with Crippen LogP contribution in [-0.2, 0) is 6.61 Å². The Balaban J connectivity index is 2.17. The third-order valence-electron chi connectivity index (χ3n) is 3.37. The lowest BCUT2D eigenvalue weighted by molar-refractivity contribution is 0.281. The second kappa shape index (κ2) is 5.06. The molecule has 0 radical (unpaired) electrons. The van der Waals surface area contributed by atoms with Gasteiger partial charge in [0, 0.05) is 17.1 Å². The van der Waals surface area contributed by atoms with Gasteiger partial charge < -0.3 is 5.11 Å². The number of para-hydroxylation sites is 1. The van der Waals surface area contributed by atoms with Crippen molar-refractivity contribution in [2.75, 3.05) is 0 Å². The Hall–Kier alpha value is -2.20. The maximum atomic E-state index is 9.57. The van der Waals surface area contributed by atoms with E-state index in [4.69, 9.17) is 0 Å². The van der Waals surface area contributed by atoms with Gasteiger partial charge in [0.1, 0.15) is 0 Å². The van der Waals surface area contributed by atoms with E-state index in [1.54, 1.807) is 4.68 Å². The lowest BCUT2D eigenvalue weighted by atomic mass is 10.1. The van der Waals surface area contributed by atoms with Gasteiger partial charge in [0.15, 0.2) is 5.82 Å². The quantitative estimate of drug-likeness (QED) is 0.793. The Labute approximate surface area is 117 Å². The molecule has 4 nitrogen and oxygen atoms in total. The number of aliphatic hydroxyl groups excluding tert-OH is 1. The summed E-state index contributed by atoms with van der Waals surface area (Å²) in [5.41, 5.74) is 2.70. The van der Waals surface area contributed by atoms with Crippen molar-refractivity contribution < 1.29 is 5.11 Å². The maximum absolute atomic E-state index is 9.57. The van der Waals surface area contributed by atoms with Crippen molar-refractivity contribution >= 4 is 10.9 Å². The molecule has 2 heterocycles. The van der Waals surface area contributed by atoms with E-state index in [0.29, 0.717) is 11.7 Å². The summed E-state index contributed by atoms with van der Waals surface area (Å²) in [4.78, 5) is 4.63. The molecule has 0 aliphatic rings. The van der Waals surface area contributed by atoms with E-state index in [-0.39, 0.29) is 6.61 Å². The molecule has 0 unspecified atom stereocenters. The first-order chi connectivity index (χ1) is 9.69. The van der Waals surface area contributed by atoms with Crippen molar-refractivity contribution in [3.8, 4) is 5.82 Å². The van der Waals surface area contributed by atoms with Crippen LogP contribution >= 0.6 is 0 Å². The summed E-state index contributed by atoms with van der Waals surface area (Å²) in [5.74, 6) is 1.06. The van der Waals surface area contributed by atoms with E-state index in [1.807, 2.05) is 42.6 Å². The van der Waals surface area contributed by atoms with E-state index >= 15 is 0 Å². The molecule has 1 aromatic carbocycles. The van der Waals surface area contributed by atoms with Gasteiger partial charge in [0.25, 0.3) is 0 Å². The average molecular weight is 267 g/mol. The van der Waals surface area contributed by atoms with Gasteiger partial charge in [0.05, 0.1) is 17.8 Å². The van der Waals surface area contributed by atoms with E-state index in [1.165, 1.54) is 0 Å². The van der Waals surface area contributed by atoms with Crippen LogP contribution < -0.4 is 0 Å². The number of benzene rings is 1. The first-order valence-corrected chi connectivity index (χ1v) is 6.74. The fourth-order valence-electron chi connectivity index (χ4n) is 2.23. The first kappa shape index (κ1) is 12.8. The lowest BCUT2D eigenvalue weighted by Gasteiger charge is -2.09.